The number of methoxy groups -OCH3 is 1. The molecule has 0 aromatic carbocycles. The smallest absolute Gasteiger partial charge is 0.326 e. The first-order valence-electron chi connectivity index (χ1n) is 6.83. The van der Waals surface area contributed by atoms with Crippen molar-refractivity contribution < 1.29 is 19.4 Å². The van der Waals surface area contributed by atoms with Crippen molar-refractivity contribution in [3.63, 3.8) is 0 Å². The van der Waals surface area contributed by atoms with Gasteiger partial charge < -0.3 is 20.5 Å². The molecule has 0 aromatic rings. The Balaban J connectivity index is 4.25. The van der Waals surface area contributed by atoms with E-state index >= 15 is 0 Å². The Morgan fingerprint density at radius 2 is 1.84 bits per heavy atom. The van der Waals surface area contributed by atoms with Crippen LogP contribution in [0.3, 0.4) is 0 Å². The Hall–Kier alpha value is -1.30. The Morgan fingerprint density at radius 3 is 2.32 bits per heavy atom. The van der Waals surface area contributed by atoms with Crippen LogP contribution in [0, 0.1) is 0 Å². The first-order chi connectivity index (χ1) is 9.04. The number of nitrogens with one attached hydrogen (secondary N) is 2. The monoisotopic (exact) mass is 274 g/mol. The molecular formula is C13H26N2O4. The van der Waals surface area contributed by atoms with Gasteiger partial charge in [0.1, 0.15) is 6.04 Å². The van der Waals surface area contributed by atoms with E-state index in [0.29, 0.717) is 13.0 Å². The van der Waals surface area contributed by atoms with Crippen molar-refractivity contribution in [2.75, 3.05) is 13.7 Å². The van der Waals surface area contributed by atoms with Gasteiger partial charge in [-0.1, -0.05) is 33.1 Å². The lowest BCUT2D eigenvalue weighted by molar-refractivity contribution is -0.139. The van der Waals surface area contributed by atoms with Crippen molar-refractivity contribution in [1.82, 2.24) is 10.6 Å². The van der Waals surface area contributed by atoms with Crippen molar-refractivity contribution in [3.05, 3.63) is 0 Å². The summed E-state index contributed by atoms with van der Waals surface area (Å²) in [6.07, 6.45) is 3.84. The highest BCUT2D eigenvalue weighted by Crippen LogP contribution is 2.02. The van der Waals surface area contributed by atoms with Crippen molar-refractivity contribution >= 4 is 12.0 Å². The summed E-state index contributed by atoms with van der Waals surface area (Å²) in [7, 11) is 1.57. The van der Waals surface area contributed by atoms with E-state index in [1.165, 1.54) is 0 Å². The fourth-order valence-electron chi connectivity index (χ4n) is 1.80. The molecule has 0 saturated heterocycles. The summed E-state index contributed by atoms with van der Waals surface area (Å²) >= 11 is 0. The fraction of sp³-hybridized carbons (Fsp3) is 0.846. The number of carbonyl (C=O) groups excluding carboxylic acids is 1. The second-order valence-corrected chi connectivity index (χ2v) is 4.59. The third-order valence-electron chi connectivity index (χ3n) is 2.79. The molecule has 0 aliphatic carbocycles. The van der Waals surface area contributed by atoms with E-state index in [-0.39, 0.29) is 6.04 Å². The first-order valence-corrected chi connectivity index (χ1v) is 6.83. The van der Waals surface area contributed by atoms with E-state index in [2.05, 4.69) is 10.6 Å². The third kappa shape index (κ3) is 8.42. The third-order valence-corrected chi connectivity index (χ3v) is 2.79. The molecule has 0 aromatic heterocycles. The lowest BCUT2D eigenvalue weighted by atomic mass is 10.1. The zero-order chi connectivity index (χ0) is 14.7. The SMILES string of the molecule is CCCCC(NC(=O)NC(CCC)COC)C(=O)O. The standard InChI is InChI=1S/C13H26N2O4/c1-4-6-8-11(12(16)17)15-13(18)14-10(7-5-2)9-19-3/h10-11H,4-9H2,1-3H3,(H,16,17)(H2,14,15,18). The molecule has 6 nitrogen and oxygen atoms in total. The molecule has 6 heteroatoms. The zero-order valence-corrected chi connectivity index (χ0v) is 12.1. The minimum atomic E-state index is -0.998. The lowest BCUT2D eigenvalue weighted by Gasteiger charge is -2.20. The van der Waals surface area contributed by atoms with Crippen LogP contribution in [0.15, 0.2) is 0 Å². The van der Waals surface area contributed by atoms with Crippen molar-refractivity contribution in [2.45, 2.75) is 58.0 Å². The average Bonchev–Trinajstić information content (AvgIpc) is 2.34. The molecule has 0 saturated carbocycles. The van der Waals surface area contributed by atoms with Gasteiger partial charge in [0.25, 0.3) is 0 Å². The molecule has 2 amide bonds. The van der Waals surface area contributed by atoms with Gasteiger partial charge in [-0.25, -0.2) is 9.59 Å². The van der Waals surface area contributed by atoms with Crippen LogP contribution in [0.25, 0.3) is 0 Å². The predicted octanol–water partition coefficient (Wildman–Crippen LogP) is 1.74. The highest BCUT2D eigenvalue weighted by atomic mass is 16.5. The molecule has 19 heavy (non-hydrogen) atoms. The molecular weight excluding hydrogens is 248 g/mol. The molecule has 0 rings (SSSR count). The number of amides is 2. The number of ether oxygens (including phenoxy) is 1. The normalized spacial score (nSPS) is 13.6. The topological polar surface area (TPSA) is 87.7 Å². The number of carboxylic acids is 1. The summed E-state index contributed by atoms with van der Waals surface area (Å²) in [5.41, 5.74) is 0. The summed E-state index contributed by atoms with van der Waals surface area (Å²) in [6.45, 7) is 4.42. The second-order valence-electron chi connectivity index (χ2n) is 4.59. The van der Waals surface area contributed by atoms with Crippen molar-refractivity contribution in [1.29, 1.82) is 0 Å². The predicted molar refractivity (Wildman–Crippen MR) is 73.2 cm³/mol. The summed E-state index contributed by atoms with van der Waals surface area (Å²) in [5.74, 6) is -0.998. The first kappa shape index (κ1) is 17.7. The van der Waals surface area contributed by atoms with E-state index in [1.54, 1.807) is 7.11 Å². The van der Waals surface area contributed by atoms with Gasteiger partial charge in [0.15, 0.2) is 0 Å². The van der Waals surface area contributed by atoms with Crippen LogP contribution in [-0.2, 0) is 9.53 Å². The van der Waals surface area contributed by atoms with Gasteiger partial charge >= 0.3 is 12.0 Å². The van der Waals surface area contributed by atoms with Crippen LogP contribution in [0.4, 0.5) is 4.79 Å². The van der Waals surface area contributed by atoms with Crippen molar-refractivity contribution in [2.24, 2.45) is 0 Å². The molecule has 0 aliphatic rings. The molecule has 112 valence electrons. The number of carboxylic acid groups (broad SMARTS) is 1. The summed E-state index contributed by atoms with van der Waals surface area (Å²) in [6, 6.07) is -1.36. The average molecular weight is 274 g/mol. The molecule has 0 spiro atoms. The van der Waals surface area contributed by atoms with Gasteiger partial charge in [-0.3, -0.25) is 0 Å². The van der Waals surface area contributed by atoms with Gasteiger partial charge in [-0.05, 0) is 12.8 Å². The van der Waals surface area contributed by atoms with E-state index in [4.69, 9.17) is 9.84 Å². The molecule has 0 radical (unpaired) electrons. The van der Waals surface area contributed by atoms with Gasteiger partial charge in [0.05, 0.1) is 12.6 Å². The molecule has 0 aliphatic heterocycles. The summed E-state index contributed by atoms with van der Waals surface area (Å²) < 4.78 is 5.02. The van der Waals surface area contributed by atoms with Gasteiger partial charge in [-0.15, -0.1) is 0 Å². The van der Waals surface area contributed by atoms with E-state index in [9.17, 15) is 9.59 Å². The van der Waals surface area contributed by atoms with Gasteiger partial charge in [0, 0.05) is 7.11 Å². The van der Waals surface area contributed by atoms with Crippen LogP contribution in [-0.4, -0.2) is 42.9 Å². The Bertz CT molecular complexity index is 265. The van der Waals surface area contributed by atoms with E-state index < -0.39 is 18.0 Å². The van der Waals surface area contributed by atoms with Gasteiger partial charge in [-0.2, -0.15) is 0 Å². The quantitative estimate of drug-likeness (QED) is 0.566. The molecule has 2 atom stereocenters. The molecule has 0 heterocycles. The Kier molecular flexibility index (Phi) is 9.88. The number of carbonyl (C=O) groups is 2. The van der Waals surface area contributed by atoms with Crippen LogP contribution >= 0.6 is 0 Å². The minimum absolute atomic E-state index is 0.0874. The second kappa shape index (κ2) is 10.6. The Morgan fingerprint density at radius 1 is 1.16 bits per heavy atom. The Labute approximate surface area is 114 Å². The highest BCUT2D eigenvalue weighted by Gasteiger charge is 2.20. The largest absolute Gasteiger partial charge is 0.480 e. The maximum atomic E-state index is 11.7. The molecule has 2 unspecified atom stereocenters. The van der Waals surface area contributed by atoms with Crippen LogP contribution in [0.5, 0.6) is 0 Å². The number of unbranched alkanes of at least 4 members (excludes halogenated alkanes) is 1. The summed E-state index contributed by atoms with van der Waals surface area (Å²) in [4.78, 5) is 22.8. The number of urea groups is 1. The number of hydrogen-bond acceptors (Lipinski definition) is 3. The van der Waals surface area contributed by atoms with E-state index in [0.717, 1.165) is 25.7 Å². The molecule has 0 fully saturated rings. The summed E-state index contributed by atoms with van der Waals surface area (Å²) in [5, 5.41) is 14.3. The van der Waals surface area contributed by atoms with Gasteiger partial charge in [0.2, 0.25) is 0 Å². The number of rotatable bonds is 10. The van der Waals surface area contributed by atoms with Crippen LogP contribution < -0.4 is 10.6 Å². The molecule has 3 N–H and O–H groups in total. The lowest BCUT2D eigenvalue weighted by Crippen LogP contribution is -2.50. The fourth-order valence-corrected chi connectivity index (χ4v) is 1.80. The highest BCUT2D eigenvalue weighted by molar-refractivity contribution is 5.82. The maximum absolute atomic E-state index is 11.7. The molecule has 0 bridgehead atoms. The van der Waals surface area contributed by atoms with Crippen molar-refractivity contribution in [3.8, 4) is 0 Å². The van der Waals surface area contributed by atoms with Crippen LogP contribution in [0.2, 0.25) is 0 Å². The number of aliphatic carboxylic acids is 1. The van der Waals surface area contributed by atoms with Crippen LogP contribution in [0.1, 0.15) is 46.0 Å². The maximum Gasteiger partial charge on any atom is 0.326 e. The zero-order valence-electron chi connectivity index (χ0n) is 12.1. The number of hydrogen-bond donors (Lipinski definition) is 3. The minimum Gasteiger partial charge on any atom is -0.480 e. The van der Waals surface area contributed by atoms with E-state index in [1.807, 2.05) is 13.8 Å².